The van der Waals surface area contributed by atoms with Gasteiger partial charge in [0, 0.05) is 14.0 Å². The van der Waals surface area contributed by atoms with E-state index in [4.69, 9.17) is 4.42 Å². The number of hydrogen-bond acceptors (Lipinski definition) is 8. The van der Waals surface area contributed by atoms with E-state index < -0.39 is 0 Å². The molecule has 0 N–H and O–H groups in total. The van der Waals surface area contributed by atoms with Gasteiger partial charge in [0.15, 0.2) is 5.69 Å². The summed E-state index contributed by atoms with van der Waals surface area (Å²) in [6.45, 7) is 5.51. The van der Waals surface area contributed by atoms with Gasteiger partial charge in [0.05, 0.1) is 16.6 Å². The van der Waals surface area contributed by atoms with E-state index in [1.165, 1.54) is 16.4 Å². The van der Waals surface area contributed by atoms with Gasteiger partial charge in [-0.3, -0.25) is 9.48 Å². The van der Waals surface area contributed by atoms with Crippen LogP contribution in [0.2, 0.25) is 0 Å². The summed E-state index contributed by atoms with van der Waals surface area (Å²) in [5.41, 5.74) is 1.69. The normalized spacial score (nSPS) is 12.4. The van der Waals surface area contributed by atoms with Gasteiger partial charge in [0.2, 0.25) is 16.9 Å². The van der Waals surface area contributed by atoms with E-state index in [0.717, 1.165) is 11.4 Å². The van der Waals surface area contributed by atoms with Crippen molar-refractivity contribution in [3.63, 3.8) is 0 Å². The summed E-state index contributed by atoms with van der Waals surface area (Å²) >= 11 is 1.34. The molecule has 28 heavy (non-hydrogen) atoms. The van der Waals surface area contributed by atoms with Crippen LogP contribution in [0.25, 0.3) is 11.4 Å². The van der Waals surface area contributed by atoms with Gasteiger partial charge in [0.1, 0.15) is 0 Å². The number of para-hydroxylation sites is 1. The number of tetrazole rings is 1. The predicted molar refractivity (Wildman–Crippen MR) is 102 cm³/mol. The first kappa shape index (κ1) is 18.2. The third kappa shape index (κ3) is 3.03. The molecule has 1 unspecified atom stereocenters. The Balaban J connectivity index is 1.76. The lowest BCUT2D eigenvalue weighted by Crippen LogP contribution is -2.22. The van der Waals surface area contributed by atoms with Crippen molar-refractivity contribution in [3.05, 3.63) is 58.2 Å². The molecule has 0 spiro atoms. The van der Waals surface area contributed by atoms with Crippen LogP contribution in [0.4, 0.5) is 0 Å². The first-order valence-corrected chi connectivity index (χ1v) is 9.44. The molecule has 144 valence electrons. The first-order chi connectivity index (χ1) is 13.5. The molecule has 0 bridgehead atoms. The lowest BCUT2D eigenvalue weighted by molar-refractivity contribution is 0.470. The van der Waals surface area contributed by atoms with Crippen LogP contribution >= 0.6 is 11.8 Å². The summed E-state index contributed by atoms with van der Waals surface area (Å²) < 4.78 is 10.3. The third-order valence-corrected chi connectivity index (χ3v) is 5.37. The second kappa shape index (κ2) is 7.08. The van der Waals surface area contributed by atoms with Gasteiger partial charge >= 0.3 is 0 Å². The van der Waals surface area contributed by atoms with E-state index in [2.05, 4.69) is 25.7 Å². The van der Waals surface area contributed by atoms with E-state index >= 15 is 0 Å². The first-order valence-electron chi connectivity index (χ1n) is 8.56. The molecule has 1 aromatic carbocycles. The summed E-state index contributed by atoms with van der Waals surface area (Å²) in [4.78, 5) is 13.2. The Morgan fingerprint density at radius 1 is 1.11 bits per heavy atom. The van der Waals surface area contributed by atoms with E-state index in [-0.39, 0.29) is 10.8 Å². The van der Waals surface area contributed by atoms with Crippen molar-refractivity contribution in [2.45, 2.75) is 31.2 Å². The molecular formula is C17H18N8O2S. The molecule has 0 saturated carbocycles. The van der Waals surface area contributed by atoms with E-state index in [1.807, 2.05) is 51.2 Å². The van der Waals surface area contributed by atoms with Gasteiger partial charge in [-0.2, -0.15) is 4.68 Å². The van der Waals surface area contributed by atoms with Gasteiger partial charge in [-0.25, -0.2) is 4.68 Å². The number of benzene rings is 1. The zero-order valence-electron chi connectivity index (χ0n) is 15.8. The highest BCUT2D eigenvalue weighted by Crippen LogP contribution is 2.33. The Kier molecular flexibility index (Phi) is 4.59. The Hall–Kier alpha value is -3.21. The van der Waals surface area contributed by atoms with E-state index in [0.29, 0.717) is 22.6 Å². The summed E-state index contributed by atoms with van der Waals surface area (Å²) in [5, 5.41) is 20.1. The van der Waals surface area contributed by atoms with Crippen LogP contribution in [0.3, 0.4) is 0 Å². The second-order valence-electron chi connectivity index (χ2n) is 6.20. The third-order valence-electron chi connectivity index (χ3n) is 4.35. The van der Waals surface area contributed by atoms with Crippen molar-refractivity contribution < 1.29 is 4.42 Å². The lowest BCUT2D eigenvalue weighted by Gasteiger charge is -2.07. The zero-order valence-corrected chi connectivity index (χ0v) is 16.6. The van der Waals surface area contributed by atoms with Crippen molar-refractivity contribution in [2.24, 2.45) is 7.05 Å². The number of aryl methyl sites for hydroxylation is 1. The fourth-order valence-electron chi connectivity index (χ4n) is 2.88. The molecule has 0 aliphatic heterocycles. The second-order valence-corrected chi connectivity index (χ2v) is 7.51. The van der Waals surface area contributed by atoms with Gasteiger partial charge in [-0.05, 0) is 36.4 Å². The summed E-state index contributed by atoms with van der Waals surface area (Å²) in [6, 6.07) is 9.42. The highest BCUT2D eigenvalue weighted by molar-refractivity contribution is 7.99. The smallest absolute Gasteiger partial charge is 0.297 e. The Bertz CT molecular complexity index is 1170. The van der Waals surface area contributed by atoms with Crippen LogP contribution in [-0.4, -0.2) is 39.8 Å². The molecule has 0 aliphatic rings. The van der Waals surface area contributed by atoms with Crippen LogP contribution in [-0.2, 0) is 7.05 Å². The molecule has 4 aromatic rings. The standard InChI is InChI=1S/C17H18N8O2S/c1-10-14(16(26)25(23(10)4)13-8-6-5-7-9-13)24-17(20-21-22-24)28-11(2)15-19-18-12(3)27-15/h5-9,11H,1-4H3. The molecule has 0 aliphatic carbocycles. The van der Waals surface area contributed by atoms with Crippen molar-refractivity contribution in [2.75, 3.05) is 0 Å². The Morgan fingerprint density at radius 3 is 2.54 bits per heavy atom. The van der Waals surface area contributed by atoms with Crippen molar-refractivity contribution in [3.8, 4) is 11.4 Å². The number of nitrogens with zero attached hydrogens (tertiary/aromatic N) is 8. The highest BCUT2D eigenvalue weighted by atomic mass is 32.2. The number of aromatic nitrogens is 8. The predicted octanol–water partition coefficient (Wildman–Crippen LogP) is 2.00. The van der Waals surface area contributed by atoms with Gasteiger partial charge < -0.3 is 4.42 Å². The van der Waals surface area contributed by atoms with Crippen LogP contribution in [0, 0.1) is 13.8 Å². The van der Waals surface area contributed by atoms with Gasteiger partial charge in [0.25, 0.3) is 5.56 Å². The number of thioether (sulfide) groups is 1. The maximum atomic E-state index is 13.2. The molecule has 3 heterocycles. The topological polar surface area (TPSA) is 109 Å². The molecule has 3 aromatic heterocycles. The molecule has 0 fully saturated rings. The Morgan fingerprint density at radius 2 is 1.86 bits per heavy atom. The maximum absolute atomic E-state index is 13.2. The van der Waals surface area contributed by atoms with Crippen LogP contribution in [0.15, 0.2) is 44.7 Å². The molecule has 11 heteroatoms. The maximum Gasteiger partial charge on any atom is 0.297 e. The molecule has 0 amide bonds. The molecule has 10 nitrogen and oxygen atoms in total. The SMILES string of the molecule is Cc1nnc(C(C)Sc2nnnn2-c2c(C)n(C)n(-c3ccccc3)c2=O)o1. The zero-order chi connectivity index (χ0) is 19.8. The fourth-order valence-corrected chi connectivity index (χ4v) is 3.70. The largest absolute Gasteiger partial charge is 0.424 e. The van der Waals surface area contributed by atoms with Gasteiger partial charge in [-0.15, -0.1) is 15.3 Å². The monoisotopic (exact) mass is 398 g/mol. The van der Waals surface area contributed by atoms with Crippen LogP contribution < -0.4 is 5.56 Å². The minimum absolute atomic E-state index is 0.175. The minimum Gasteiger partial charge on any atom is -0.424 e. The number of hydrogen-bond donors (Lipinski definition) is 0. The summed E-state index contributed by atoms with van der Waals surface area (Å²) in [5.74, 6) is 0.968. The average Bonchev–Trinajstić information content (AvgIpc) is 3.36. The molecule has 1 atom stereocenters. The highest BCUT2D eigenvalue weighted by Gasteiger charge is 2.24. The van der Waals surface area contributed by atoms with E-state index in [1.54, 1.807) is 16.3 Å². The average molecular weight is 398 g/mol. The van der Waals surface area contributed by atoms with Crippen molar-refractivity contribution in [1.29, 1.82) is 0 Å². The summed E-state index contributed by atoms with van der Waals surface area (Å²) in [7, 11) is 1.83. The minimum atomic E-state index is -0.207. The Labute approximate surface area is 164 Å². The van der Waals surface area contributed by atoms with Crippen LogP contribution in [0.1, 0.15) is 29.6 Å². The molecule has 4 rings (SSSR count). The van der Waals surface area contributed by atoms with Gasteiger partial charge in [-0.1, -0.05) is 30.0 Å². The summed E-state index contributed by atoms with van der Waals surface area (Å²) in [6.07, 6.45) is 0. The van der Waals surface area contributed by atoms with Crippen LogP contribution in [0.5, 0.6) is 0 Å². The number of rotatable bonds is 5. The van der Waals surface area contributed by atoms with E-state index in [9.17, 15) is 4.79 Å². The van der Waals surface area contributed by atoms with Crippen molar-refractivity contribution >= 4 is 11.8 Å². The molecule has 0 radical (unpaired) electrons. The quantitative estimate of drug-likeness (QED) is 0.470. The molecule has 0 saturated heterocycles. The molecular weight excluding hydrogens is 380 g/mol. The fraction of sp³-hybridized carbons (Fsp3) is 0.294. The van der Waals surface area contributed by atoms with Crippen molar-refractivity contribution in [1.82, 2.24) is 39.8 Å². The lowest BCUT2D eigenvalue weighted by atomic mass is 10.3.